The Bertz CT molecular complexity index is 713. The molecule has 0 amide bonds. The highest BCUT2D eigenvalue weighted by molar-refractivity contribution is 5.55. The molecule has 2 aliphatic rings. The SMILES string of the molecule is Cc1ccccc1N(CC[C@H]1CCCCN1C)C1Cc2ccccc2C1. The Morgan fingerprint density at radius 1 is 0.962 bits per heavy atom. The van der Waals surface area contributed by atoms with Crippen LogP contribution in [-0.4, -0.2) is 37.1 Å². The lowest BCUT2D eigenvalue weighted by molar-refractivity contribution is 0.177. The fourth-order valence-corrected chi connectivity index (χ4v) is 4.94. The number of hydrogen-bond acceptors (Lipinski definition) is 2. The van der Waals surface area contributed by atoms with Crippen molar-refractivity contribution in [2.75, 3.05) is 25.0 Å². The average molecular weight is 349 g/mol. The fraction of sp³-hybridized carbons (Fsp3) is 0.500. The number of fused-ring (bicyclic) bond motifs is 1. The van der Waals surface area contributed by atoms with Gasteiger partial charge in [-0.05, 0) is 75.4 Å². The van der Waals surface area contributed by atoms with Crippen molar-refractivity contribution in [3.8, 4) is 0 Å². The Kier molecular flexibility index (Phi) is 5.31. The van der Waals surface area contributed by atoms with Crippen molar-refractivity contribution in [3.63, 3.8) is 0 Å². The summed E-state index contributed by atoms with van der Waals surface area (Å²) in [7, 11) is 2.31. The molecule has 1 aliphatic heterocycles. The molecule has 0 saturated carbocycles. The first-order valence-electron chi connectivity index (χ1n) is 10.3. The van der Waals surface area contributed by atoms with Crippen LogP contribution in [0.1, 0.15) is 42.4 Å². The molecule has 2 aromatic carbocycles. The molecule has 1 atom stereocenters. The largest absolute Gasteiger partial charge is 0.368 e. The van der Waals surface area contributed by atoms with Crippen LogP contribution in [-0.2, 0) is 12.8 Å². The molecule has 1 fully saturated rings. The molecule has 1 saturated heterocycles. The van der Waals surface area contributed by atoms with E-state index in [1.165, 1.54) is 62.9 Å². The fourth-order valence-electron chi connectivity index (χ4n) is 4.94. The molecule has 0 radical (unpaired) electrons. The normalized spacial score (nSPS) is 20.9. The molecule has 0 N–H and O–H groups in total. The Labute approximate surface area is 158 Å². The second-order valence-electron chi connectivity index (χ2n) is 8.23. The van der Waals surface area contributed by atoms with Crippen LogP contribution < -0.4 is 4.90 Å². The molecule has 2 aromatic rings. The second kappa shape index (κ2) is 7.84. The van der Waals surface area contributed by atoms with Crippen molar-refractivity contribution >= 4 is 5.69 Å². The lowest BCUT2D eigenvalue weighted by Gasteiger charge is -2.37. The van der Waals surface area contributed by atoms with E-state index >= 15 is 0 Å². The molecule has 0 aromatic heterocycles. The van der Waals surface area contributed by atoms with E-state index in [2.05, 4.69) is 72.3 Å². The predicted molar refractivity (Wildman–Crippen MR) is 111 cm³/mol. The van der Waals surface area contributed by atoms with Gasteiger partial charge in [-0.1, -0.05) is 48.9 Å². The van der Waals surface area contributed by atoms with Gasteiger partial charge in [-0.15, -0.1) is 0 Å². The number of para-hydroxylation sites is 1. The average Bonchev–Trinajstić information content (AvgIpc) is 3.08. The summed E-state index contributed by atoms with van der Waals surface area (Å²) in [6.45, 7) is 4.69. The van der Waals surface area contributed by atoms with E-state index in [1.807, 2.05) is 0 Å². The maximum Gasteiger partial charge on any atom is 0.0398 e. The van der Waals surface area contributed by atoms with Crippen molar-refractivity contribution in [2.45, 2.75) is 57.5 Å². The van der Waals surface area contributed by atoms with Crippen LogP contribution in [0, 0.1) is 6.92 Å². The quantitative estimate of drug-likeness (QED) is 0.762. The monoisotopic (exact) mass is 348 g/mol. The van der Waals surface area contributed by atoms with Gasteiger partial charge in [-0.3, -0.25) is 0 Å². The van der Waals surface area contributed by atoms with Gasteiger partial charge in [0.25, 0.3) is 0 Å². The molecule has 2 nitrogen and oxygen atoms in total. The summed E-state index contributed by atoms with van der Waals surface area (Å²) in [5.41, 5.74) is 5.93. The van der Waals surface area contributed by atoms with E-state index in [-0.39, 0.29) is 0 Å². The number of hydrogen-bond donors (Lipinski definition) is 0. The maximum absolute atomic E-state index is 2.72. The standard InChI is InChI=1S/C24H32N2/c1-19-9-3-6-13-24(19)26(16-14-22-12-7-8-15-25(22)2)23-17-20-10-4-5-11-21(20)18-23/h3-6,9-11,13,22-23H,7-8,12,14-18H2,1-2H3/t22-/m1/s1. The Hall–Kier alpha value is -1.80. The molecule has 0 bridgehead atoms. The molecule has 1 aliphatic carbocycles. The Morgan fingerprint density at radius 2 is 1.65 bits per heavy atom. The van der Waals surface area contributed by atoms with Crippen LogP contribution in [0.15, 0.2) is 48.5 Å². The molecular formula is C24H32N2. The molecule has 138 valence electrons. The van der Waals surface area contributed by atoms with Gasteiger partial charge in [0, 0.05) is 24.3 Å². The summed E-state index contributed by atoms with van der Waals surface area (Å²) in [6, 6.07) is 19.3. The van der Waals surface area contributed by atoms with Crippen LogP contribution in [0.3, 0.4) is 0 Å². The number of nitrogens with zero attached hydrogens (tertiary/aromatic N) is 2. The van der Waals surface area contributed by atoms with Gasteiger partial charge in [-0.25, -0.2) is 0 Å². The van der Waals surface area contributed by atoms with Gasteiger partial charge in [0.05, 0.1) is 0 Å². The topological polar surface area (TPSA) is 6.48 Å². The minimum absolute atomic E-state index is 0.599. The van der Waals surface area contributed by atoms with E-state index in [0.717, 1.165) is 6.04 Å². The third kappa shape index (κ3) is 3.66. The van der Waals surface area contributed by atoms with Crippen LogP contribution in [0.25, 0.3) is 0 Å². The summed E-state index contributed by atoms with van der Waals surface area (Å²) in [5.74, 6) is 0. The predicted octanol–water partition coefficient (Wildman–Crippen LogP) is 4.84. The van der Waals surface area contributed by atoms with Gasteiger partial charge in [-0.2, -0.15) is 0 Å². The number of rotatable bonds is 5. The number of aryl methyl sites for hydroxylation is 1. The van der Waals surface area contributed by atoms with E-state index in [9.17, 15) is 0 Å². The lowest BCUT2D eigenvalue weighted by atomic mass is 9.99. The molecule has 2 heteroatoms. The van der Waals surface area contributed by atoms with Crippen molar-refractivity contribution in [1.82, 2.24) is 4.90 Å². The van der Waals surface area contributed by atoms with Gasteiger partial charge in [0.1, 0.15) is 0 Å². The molecule has 26 heavy (non-hydrogen) atoms. The number of piperidine rings is 1. The number of benzene rings is 2. The Morgan fingerprint density at radius 3 is 2.35 bits per heavy atom. The first-order chi connectivity index (χ1) is 12.7. The van der Waals surface area contributed by atoms with Gasteiger partial charge in [0.2, 0.25) is 0 Å². The summed E-state index contributed by atoms with van der Waals surface area (Å²) < 4.78 is 0. The van der Waals surface area contributed by atoms with Gasteiger partial charge in [0.15, 0.2) is 0 Å². The highest BCUT2D eigenvalue weighted by Gasteiger charge is 2.28. The third-order valence-electron chi connectivity index (χ3n) is 6.52. The summed E-state index contributed by atoms with van der Waals surface area (Å²) >= 11 is 0. The van der Waals surface area contributed by atoms with Gasteiger partial charge < -0.3 is 9.80 Å². The van der Waals surface area contributed by atoms with E-state index < -0.39 is 0 Å². The molecular weight excluding hydrogens is 316 g/mol. The Balaban J connectivity index is 1.54. The zero-order chi connectivity index (χ0) is 17.9. The van der Waals surface area contributed by atoms with E-state index in [4.69, 9.17) is 0 Å². The highest BCUT2D eigenvalue weighted by Crippen LogP contribution is 2.31. The van der Waals surface area contributed by atoms with Crippen LogP contribution in [0.2, 0.25) is 0 Å². The van der Waals surface area contributed by atoms with E-state index in [1.54, 1.807) is 11.1 Å². The van der Waals surface area contributed by atoms with Crippen LogP contribution >= 0.6 is 0 Å². The molecule has 0 unspecified atom stereocenters. The molecule has 1 heterocycles. The number of likely N-dealkylation sites (tertiary alicyclic amines) is 1. The van der Waals surface area contributed by atoms with Crippen molar-refractivity contribution in [1.29, 1.82) is 0 Å². The third-order valence-corrected chi connectivity index (χ3v) is 6.52. The first-order valence-corrected chi connectivity index (χ1v) is 10.3. The maximum atomic E-state index is 2.72. The van der Waals surface area contributed by atoms with Crippen LogP contribution in [0.5, 0.6) is 0 Å². The second-order valence-corrected chi connectivity index (χ2v) is 8.23. The number of anilines is 1. The minimum Gasteiger partial charge on any atom is -0.368 e. The van der Waals surface area contributed by atoms with Crippen molar-refractivity contribution in [2.24, 2.45) is 0 Å². The van der Waals surface area contributed by atoms with Crippen molar-refractivity contribution < 1.29 is 0 Å². The summed E-state index contributed by atoms with van der Waals surface area (Å²) in [4.78, 5) is 5.31. The highest BCUT2D eigenvalue weighted by atomic mass is 15.2. The molecule has 0 spiro atoms. The minimum atomic E-state index is 0.599. The summed E-state index contributed by atoms with van der Waals surface area (Å²) in [6.07, 6.45) is 7.78. The lowest BCUT2D eigenvalue weighted by Crippen LogP contribution is -2.42. The zero-order valence-corrected chi connectivity index (χ0v) is 16.3. The zero-order valence-electron chi connectivity index (χ0n) is 16.3. The van der Waals surface area contributed by atoms with Crippen LogP contribution in [0.4, 0.5) is 5.69 Å². The van der Waals surface area contributed by atoms with Gasteiger partial charge >= 0.3 is 0 Å². The summed E-state index contributed by atoms with van der Waals surface area (Å²) in [5, 5.41) is 0. The first kappa shape index (κ1) is 17.6. The smallest absolute Gasteiger partial charge is 0.0398 e. The van der Waals surface area contributed by atoms with E-state index in [0.29, 0.717) is 6.04 Å². The van der Waals surface area contributed by atoms with Crippen molar-refractivity contribution in [3.05, 3.63) is 65.2 Å². The molecule has 4 rings (SSSR count).